The van der Waals surface area contributed by atoms with E-state index in [-0.39, 0.29) is 11.0 Å². The Balaban J connectivity index is 2.22. The minimum absolute atomic E-state index is 0.203. The van der Waals surface area contributed by atoms with Crippen molar-refractivity contribution in [3.8, 4) is 5.75 Å². The Morgan fingerprint density at radius 2 is 2.11 bits per heavy atom. The summed E-state index contributed by atoms with van der Waals surface area (Å²) >= 11 is 7.21. The van der Waals surface area contributed by atoms with Gasteiger partial charge in [-0.25, -0.2) is 4.79 Å². The van der Waals surface area contributed by atoms with Gasteiger partial charge in [0.1, 0.15) is 11.9 Å². The SMILES string of the molecule is C[C@@H](Oc1ccsc1C(=O)O)c1ccccc1Cl. The van der Waals surface area contributed by atoms with Crippen molar-refractivity contribution in [3.05, 3.63) is 51.2 Å². The van der Waals surface area contributed by atoms with Crippen LogP contribution in [0.4, 0.5) is 0 Å². The molecule has 0 saturated heterocycles. The van der Waals surface area contributed by atoms with E-state index in [1.54, 1.807) is 17.5 Å². The van der Waals surface area contributed by atoms with Crippen molar-refractivity contribution in [1.82, 2.24) is 0 Å². The first-order valence-corrected chi connectivity index (χ1v) is 6.57. The lowest BCUT2D eigenvalue weighted by Crippen LogP contribution is -2.05. The average Bonchev–Trinajstić information content (AvgIpc) is 2.77. The molecule has 94 valence electrons. The predicted molar refractivity (Wildman–Crippen MR) is 71.8 cm³/mol. The zero-order valence-electron chi connectivity index (χ0n) is 9.59. The number of carboxylic acids is 1. The summed E-state index contributed by atoms with van der Waals surface area (Å²) in [5, 5.41) is 11.3. The zero-order chi connectivity index (χ0) is 13.1. The quantitative estimate of drug-likeness (QED) is 0.912. The highest BCUT2D eigenvalue weighted by atomic mass is 35.5. The van der Waals surface area contributed by atoms with Gasteiger partial charge in [0.2, 0.25) is 0 Å². The Hall–Kier alpha value is -1.52. The van der Waals surface area contributed by atoms with E-state index in [0.29, 0.717) is 10.8 Å². The van der Waals surface area contributed by atoms with Crippen molar-refractivity contribution < 1.29 is 14.6 Å². The molecule has 0 spiro atoms. The number of carboxylic acid groups (broad SMARTS) is 1. The number of ether oxygens (including phenoxy) is 1. The van der Waals surface area contributed by atoms with Gasteiger partial charge in [-0.1, -0.05) is 29.8 Å². The molecule has 0 saturated carbocycles. The van der Waals surface area contributed by atoms with Crippen LogP contribution in [0.2, 0.25) is 5.02 Å². The summed E-state index contributed by atoms with van der Waals surface area (Å²) in [6.07, 6.45) is -0.300. The summed E-state index contributed by atoms with van der Waals surface area (Å²) in [5.41, 5.74) is 0.835. The van der Waals surface area contributed by atoms with Gasteiger partial charge in [0, 0.05) is 10.6 Å². The Morgan fingerprint density at radius 3 is 2.78 bits per heavy atom. The molecule has 0 aliphatic heterocycles. The summed E-state index contributed by atoms with van der Waals surface area (Å²) < 4.78 is 5.66. The fourth-order valence-corrected chi connectivity index (χ4v) is 2.56. The third kappa shape index (κ3) is 2.66. The molecule has 0 aliphatic rings. The van der Waals surface area contributed by atoms with Gasteiger partial charge < -0.3 is 9.84 Å². The minimum atomic E-state index is -0.980. The molecule has 5 heteroatoms. The predicted octanol–water partition coefficient (Wildman–Crippen LogP) is 4.24. The third-order valence-electron chi connectivity index (χ3n) is 2.47. The van der Waals surface area contributed by atoms with Crippen LogP contribution in [0.5, 0.6) is 5.75 Å². The van der Waals surface area contributed by atoms with Gasteiger partial charge in [0.15, 0.2) is 4.88 Å². The molecule has 1 heterocycles. The van der Waals surface area contributed by atoms with E-state index in [1.807, 2.05) is 25.1 Å². The fraction of sp³-hybridized carbons (Fsp3) is 0.154. The van der Waals surface area contributed by atoms with E-state index in [0.717, 1.165) is 16.9 Å². The van der Waals surface area contributed by atoms with Crippen molar-refractivity contribution in [2.45, 2.75) is 13.0 Å². The molecule has 2 rings (SSSR count). The summed E-state index contributed by atoms with van der Waals surface area (Å²) in [4.78, 5) is 11.2. The van der Waals surface area contributed by atoms with Crippen LogP contribution in [-0.2, 0) is 0 Å². The Labute approximate surface area is 114 Å². The van der Waals surface area contributed by atoms with E-state index in [2.05, 4.69) is 0 Å². The van der Waals surface area contributed by atoms with E-state index in [9.17, 15) is 4.79 Å². The molecule has 2 aromatic rings. The molecule has 1 aromatic heterocycles. The van der Waals surface area contributed by atoms with E-state index in [1.165, 1.54) is 0 Å². The monoisotopic (exact) mass is 282 g/mol. The normalized spacial score (nSPS) is 12.1. The van der Waals surface area contributed by atoms with Gasteiger partial charge in [0.05, 0.1) is 0 Å². The second-order valence-electron chi connectivity index (χ2n) is 3.70. The van der Waals surface area contributed by atoms with Gasteiger partial charge in [0.25, 0.3) is 0 Å². The molecule has 18 heavy (non-hydrogen) atoms. The van der Waals surface area contributed by atoms with Crippen LogP contribution in [0.25, 0.3) is 0 Å². The van der Waals surface area contributed by atoms with Crippen molar-refractivity contribution in [2.75, 3.05) is 0 Å². The first-order chi connectivity index (χ1) is 8.59. The van der Waals surface area contributed by atoms with Crippen molar-refractivity contribution in [3.63, 3.8) is 0 Å². The lowest BCUT2D eigenvalue weighted by atomic mass is 10.1. The van der Waals surface area contributed by atoms with Crippen LogP contribution < -0.4 is 4.74 Å². The second kappa shape index (κ2) is 5.42. The molecule has 0 aliphatic carbocycles. The smallest absolute Gasteiger partial charge is 0.349 e. The molecular formula is C13H11ClO3S. The molecule has 0 fully saturated rings. The molecule has 1 aromatic carbocycles. The molecule has 3 nitrogen and oxygen atoms in total. The highest BCUT2D eigenvalue weighted by Gasteiger charge is 2.17. The Morgan fingerprint density at radius 1 is 1.39 bits per heavy atom. The number of halogens is 1. The number of hydrogen-bond donors (Lipinski definition) is 1. The third-order valence-corrected chi connectivity index (χ3v) is 3.70. The minimum Gasteiger partial charge on any atom is -0.484 e. The molecule has 0 radical (unpaired) electrons. The molecule has 0 bridgehead atoms. The highest BCUT2D eigenvalue weighted by Crippen LogP contribution is 2.31. The van der Waals surface area contributed by atoms with Gasteiger partial charge >= 0.3 is 5.97 Å². The van der Waals surface area contributed by atoms with Crippen molar-refractivity contribution >= 4 is 28.9 Å². The van der Waals surface area contributed by atoms with Crippen molar-refractivity contribution in [2.24, 2.45) is 0 Å². The Bertz CT molecular complexity index is 565. The first-order valence-electron chi connectivity index (χ1n) is 5.31. The van der Waals surface area contributed by atoms with Crippen molar-refractivity contribution in [1.29, 1.82) is 0 Å². The second-order valence-corrected chi connectivity index (χ2v) is 5.02. The topological polar surface area (TPSA) is 46.5 Å². The number of thiophene rings is 1. The van der Waals surface area contributed by atoms with Crippen LogP contribution in [0.1, 0.15) is 28.3 Å². The van der Waals surface area contributed by atoms with Gasteiger partial charge in [-0.15, -0.1) is 11.3 Å². The van der Waals surface area contributed by atoms with Crippen LogP contribution in [0.3, 0.4) is 0 Å². The van der Waals surface area contributed by atoms with E-state index >= 15 is 0 Å². The Kier molecular flexibility index (Phi) is 3.89. The highest BCUT2D eigenvalue weighted by molar-refractivity contribution is 7.12. The number of benzene rings is 1. The molecular weight excluding hydrogens is 272 g/mol. The summed E-state index contributed by atoms with van der Waals surface area (Å²) in [5.74, 6) is -0.605. The molecule has 0 amide bonds. The number of hydrogen-bond acceptors (Lipinski definition) is 3. The maximum absolute atomic E-state index is 11.0. The van der Waals surface area contributed by atoms with E-state index in [4.69, 9.17) is 21.4 Å². The summed E-state index contributed by atoms with van der Waals surface area (Å²) in [6, 6.07) is 9.00. The molecule has 0 unspecified atom stereocenters. The zero-order valence-corrected chi connectivity index (χ0v) is 11.2. The number of aromatic carboxylic acids is 1. The molecule has 1 atom stereocenters. The van der Waals surface area contributed by atoms with E-state index < -0.39 is 5.97 Å². The fourth-order valence-electron chi connectivity index (χ4n) is 1.60. The summed E-state index contributed by atoms with van der Waals surface area (Å²) in [6.45, 7) is 1.84. The largest absolute Gasteiger partial charge is 0.484 e. The van der Waals surface area contributed by atoms with Crippen LogP contribution >= 0.6 is 22.9 Å². The van der Waals surface area contributed by atoms with Gasteiger partial charge in [-0.2, -0.15) is 0 Å². The number of rotatable bonds is 4. The molecule has 1 N–H and O–H groups in total. The van der Waals surface area contributed by atoms with Crippen LogP contribution in [0.15, 0.2) is 35.7 Å². The van der Waals surface area contributed by atoms with Crippen LogP contribution in [0, 0.1) is 0 Å². The maximum Gasteiger partial charge on any atom is 0.349 e. The van der Waals surface area contributed by atoms with Crippen LogP contribution in [-0.4, -0.2) is 11.1 Å². The standard InChI is InChI=1S/C13H11ClO3S/c1-8(9-4-2-3-5-10(9)14)17-11-6-7-18-12(11)13(15)16/h2-8H,1H3,(H,15,16)/t8-/m1/s1. The van der Waals surface area contributed by atoms with Gasteiger partial charge in [-0.3, -0.25) is 0 Å². The number of carbonyl (C=O) groups is 1. The average molecular weight is 283 g/mol. The maximum atomic E-state index is 11.0. The van der Waals surface area contributed by atoms with Gasteiger partial charge in [-0.05, 0) is 24.4 Å². The lowest BCUT2D eigenvalue weighted by Gasteiger charge is -2.15. The lowest BCUT2D eigenvalue weighted by molar-refractivity contribution is 0.0696. The first kappa shape index (κ1) is 12.9. The summed E-state index contributed by atoms with van der Waals surface area (Å²) in [7, 11) is 0.